The summed E-state index contributed by atoms with van der Waals surface area (Å²) in [6, 6.07) is 24.1. The first-order chi connectivity index (χ1) is 14.2. The van der Waals surface area contributed by atoms with Gasteiger partial charge in [0.05, 0.1) is 17.4 Å². The lowest BCUT2D eigenvalue weighted by Crippen LogP contribution is -2.27. The first kappa shape index (κ1) is 17.7. The molecule has 3 aromatic rings. The largest absolute Gasteiger partial charge is 0.372 e. The molecule has 0 unspecified atom stereocenters. The highest BCUT2D eigenvalue weighted by molar-refractivity contribution is 6.01. The first-order valence-electron chi connectivity index (χ1n) is 9.89. The molecule has 2 atom stereocenters. The molecule has 0 spiro atoms. The van der Waals surface area contributed by atoms with Gasteiger partial charge in [0.15, 0.2) is 5.78 Å². The molecule has 2 N–H and O–H groups in total. The summed E-state index contributed by atoms with van der Waals surface area (Å²) >= 11 is 0. The third-order valence-electron chi connectivity index (χ3n) is 5.80. The van der Waals surface area contributed by atoms with Crippen molar-refractivity contribution in [2.45, 2.75) is 24.8 Å². The van der Waals surface area contributed by atoms with Crippen LogP contribution < -0.4 is 10.6 Å². The smallest absolute Gasteiger partial charge is 0.163 e. The van der Waals surface area contributed by atoms with Gasteiger partial charge in [-0.05, 0) is 36.1 Å². The van der Waals surface area contributed by atoms with Crippen molar-refractivity contribution >= 4 is 17.2 Å². The Kier molecular flexibility index (Phi) is 4.39. The Morgan fingerprint density at radius 3 is 2.28 bits per heavy atom. The van der Waals surface area contributed by atoms with E-state index in [-0.39, 0.29) is 17.5 Å². The van der Waals surface area contributed by atoms with Crippen molar-refractivity contribution in [3.05, 3.63) is 107 Å². The molecular weight excluding hydrogens is 363 g/mol. The van der Waals surface area contributed by atoms with Crippen LogP contribution >= 0.6 is 0 Å². The molecule has 0 amide bonds. The quantitative estimate of drug-likeness (QED) is 0.586. The first-order valence-corrected chi connectivity index (χ1v) is 9.89. The molecule has 3 nitrogen and oxygen atoms in total. The van der Waals surface area contributed by atoms with Crippen LogP contribution in [-0.2, 0) is 4.79 Å². The SMILES string of the molecule is O=C1C[C@@H](c2ccccc2)CC2=C1[C@@H](c1ccccc1F)Nc1ccccc1N2. The number of hydrogen-bond donors (Lipinski definition) is 2. The lowest BCUT2D eigenvalue weighted by atomic mass is 9.78. The molecule has 0 bridgehead atoms. The Hall–Kier alpha value is -3.40. The summed E-state index contributed by atoms with van der Waals surface area (Å²) in [5.41, 5.74) is 4.92. The maximum absolute atomic E-state index is 14.7. The molecule has 1 heterocycles. The van der Waals surface area contributed by atoms with Gasteiger partial charge in [0.25, 0.3) is 0 Å². The average Bonchev–Trinajstić information content (AvgIpc) is 2.91. The van der Waals surface area contributed by atoms with Crippen molar-refractivity contribution in [1.29, 1.82) is 0 Å². The minimum absolute atomic E-state index is 0.0566. The Morgan fingerprint density at radius 2 is 1.48 bits per heavy atom. The van der Waals surface area contributed by atoms with Gasteiger partial charge in [-0.2, -0.15) is 0 Å². The van der Waals surface area contributed by atoms with Crippen LogP contribution in [0.15, 0.2) is 90.1 Å². The standard InChI is InChI=1S/C25H21FN2O/c26-19-11-5-4-10-18(19)25-24-22(27-20-12-6-7-13-21(20)28-25)14-17(15-23(24)29)16-8-2-1-3-9-16/h1-13,17,25,27-28H,14-15H2/t17-,25+/m0/s1. The van der Waals surface area contributed by atoms with Gasteiger partial charge >= 0.3 is 0 Å². The molecule has 0 aromatic heterocycles. The fraction of sp³-hybridized carbons (Fsp3) is 0.160. The van der Waals surface area contributed by atoms with E-state index in [9.17, 15) is 9.18 Å². The summed E-state index contributed by atoms with van der Waals surface area (Å²) in [6.07, 6.45) is 1.14. The van der Waals surface area contributed by atoms with E-state index in [0.717, 1.165) is 22.6 Å². The predicted octanol–water partition coefficient (Wildman–Crippen LogP) is 5.81. The van der Waals surface area contributed by atoms with Crippen LogP contribution in [0.4, 0.5) is 15.8 Å². The summed E-state index contributed by atoms with van der Waals surface area (Å²) in [7, 11) is 0. The Balaban J connectivity index is 1.64. The maximum atomic E-state index is 14.7. The zero-order valence-corrected chi connectivity index (χ0v) is 15.9. The van der Waals surface area contributed by atoms with E-state index in [1.54, 1.807) is 12.1 Å². The number of rotatable bonds is 2. The minimum atomic E-state index is -0.522. The van der Waals surface area contributed by atoms with Gasteiger partial charge in [0.2, 0.25) is 0 Å². The van der Waals surface area contributed by atoms with Gasteiger partial charge in [-0.3, -0.25) is 4.79 Å². The molecule has 5 rings (SSSR count). The molecule has 29 heavy (non-hydrogen) atoms. The number of para-hydroxylation sites is 2. The zero-order chi connectivity index (χ0) is 19.8. The molecule has 2 aliphatic rings. The highest BCUT2D eigenvalue weighted by Gasteiger charge is 2.36. The number of Topliss-reactive ketones (excluding diaryl/α,β-unsaturated/α-hetero) is 1. The fourth-order valence-corrected chi connectivity index (χ4v) is 4.40. The van der Waals surface area contributed by atoms with Crippen molar-refractivity contribution in [3.8, 4) is 0 Å². The molecule has 1 aliphatic heterocycles. The topological polar surface area (TPSA) is 41.1 Å². The summed E-state index contributed by atoms with van der Waals surface area (Å²) in [4.78, 5) is 13.4. The number of benzene rings is 3. The highest BCUT2D eigenvalue weighted by atomic mass is 19.1. The summed E-state index contributed by atoms with van der Waals surface area (Å²) in [5, 5.41) is 6.90. The van der Waals surface area contributed by atoms with Crippen LogP contribution in [0.5, 0.6) is 0 Å². The second kappa shape index (κ2) is 7.21. The van der Waals surface area contributed by atoms with Gasteiger partial charge in [0, 0.05) is 23.3 Å². The van der Waals surface area contributed by atoms with E-state index in [1.165, 1.54) is 6.07 Å². The van der Waals surface area contributed by atoms with E-state index in [1.807, 2.05) is 48.5 Å². The third kappa shape index (κ3) is 3.21. The minimum Gasteiger partial charge on any atom is -0.372 e. The van der Waals surface area contributed by atoms with Crippen molar-refractivity contribution in [2.24, 2.45) is 0 Å². The number of carbonyl (C=O) groups is 1. The Bertz CT molecular complexity index is 1110. The molecule has 0 saturated carbocycles. The molecule has 144 valence electrons. The number of hydrogen-bond acceptors (Lipinski definition) is 3. The molecular formula is C25H21FN2O. The van der Waals surface area contributed by atoms with Crippen LogP contribution in [0.2, 0.25) is 0 Å². The van der Waals surface area contributed by atoms with Crippen molar-refractivity contribution in [1.82, 2.24) is 0 Å². The Morgan fingerprint density at radius 1 is 0.793 bits per heavy atom. The van der Waals surface area contributed by atoms with E-state index >= 15 is 0 Å². The summed E-state index contributed by atoms with van der Waals surface area (Å²) in [6.45, 7) is 0. The van der Waals surface area contributed by atoms with Gasteiger partial charge < -0.3 is 10.6 Å². The van der Waals surface area contributed by atoms with Gasteiger partial charge in [-0.25, -0.2) is 4.39 Å². The van der Waals surface area contributed by atoms with Crippen molar-refractivity contribution in [2.75, 3.05) is 10.6 Å². The Labute approximate surface area is 169 Å². The normalized spacial score (nSPS) is 20.8. The van der Waals surface area contributed by atoms with Crippen LogP contribution in [0.3, 0.4) is 0 Å². The lowest BCUT2D eigenvalue weighted by molar-refractivity contribution is -0.116. The van der Waals surface area contributed by atoms with Gasteiger partial charge in [0.1, 0.15) is 5.82 Å². The maximum Gasteiger partial charge on any atom is 0.163 e. The highest BCUT2D eigenvalue weighted by Crippen LogP contribution is 2.44. The molecule has 3 aromatic carbocycles. The van der Waals surface area contributed by atoms with Crippen LogP contribution in [-0.4, -0.2) is 5.78 Å². The fourth-order valence-electron chi connectivity index (χ4n) is 4.40. The number of halogens is 1. The molecule has 0 fully saturated rings. The van der Waals surface area contributed by atoms with Crippen LogP contribution in [0.1, 0.15) is 35.9 Å². The molecule has 1 aliphatic carbocycles. The second-order valence-electron chi connectivity index (χ2n) is 7.60. The van der Waals surface area contributed by atoms with Crippen molar-refractivity contribution in [3.63, 3.8) is 0 Å². The van der Waals surface area contributed by atoms with E-state index in [2.05, 4.69) is 22.8 Å². The molecule has 4 heteroatoms. The second-order valence-corrected chi connectivity index (χ2v) is 7.60. The third-order valence-corrected chi connectivity index (χ3v) is 5.80. The number of carbonyl (C=O) groups excluding carboxylic acids is 1. The van der Waals surface area contributed by atoms with E-state index < -0.39 is 6.04 Å². The number of anilines is 2. The summed E-state index contributed by atoms with van der Waals surface area (Å²) < 4.78 is 14.7. The van der Waals surface area contributed by atoms with Gasteiger partial charge in [-0.1, -0.05) is 60.7 Å². The number of nitrogens with one attached hydrogen (secondary N) is 2. The average molecular weight is 384 g/mol. The molecule has 0 radical (unpaired) electrons. The van der Waals surface area contributed by atoms with Crippen LogP contribution in [0, 0.1) is 5.82 Å². The summed E-state index contributed by atoms with van der Waals surface area (Å²) in [5.74, 6) is -0.142. The van der Waals surface area contributed by atoms with Gasteiger partial charge in [-0.15, -0.1) is 0 Å². The lowest BCUT2D eigenvalue weighted by Gasteiger charge is -2.30. The van der Waals surface area contributed by atoms with E-state index in [4.69, 9.17) is 0 Å². The van der Waals surface area contributed by atoms with Crippen molar-refractivity contribution < 1.29 is 9.18 Å². The monoisotopic (exact) mass is 384 g/mol. The van der Waals surface area contributed by atoms with E-state index in [0.29, 0.717) is 24.0 Å². The van der Waals surface area contributed by atoms with Crippen LogP contribution in [0.25, 0.3) is 0 Å². The number of fused-ring (bicyclic) bond motifs is 1. The number of allylic oxidation sites excluding steroid dienone is 1. The number of ketones is 1. The predicted molar refractivity (Wildman–Crippen MR) is 113 cm³/mol. The molecule has 0 saturated heterocycles. The zero-order valence-electron chi connectivity index (χ0n) is 15.9.